The normalized spacial score (nSPS) is 13.2. The third kappa shape index (κ3) is 7.52. The van der Waals surface area contributed by atoms with Gasteiger partial charge in [0.2, 0.25) is 4.34 Å². The van der Waals surface area contributed by atoms with Gasteiger partial charge in [0.05, 0.1) is 22.5 Å². The summed E-state index contributed by atoms with van der Waals surface area (Å²) in [7, 11) is -3.88. The fourth-order valence-corrected chi connectivity index (χ4v) is 6.02. The van der Waals surface area contributed by atoms with Gasteiger partial charge in [0.1, 0.15) is 24.1 Å². The Kier molecular flexibility index (Phi) is 8.69. The first-order valence-corrected chi connectivity index (χ1v) is 15.1. The van der Waals surface area contributed by atoms with Crippen molar-refractivity contribution in [3.63, 3.8) is 0 Å². The molecular weight excluding hydrogens is 564 g/mol. The number of nitrogens with one attached hydrogen (secondary N) is 1. The zero-order valence-corrected chi connectivity index (χ0v) is 23.5. The molecule has 0 aliphatic carbocycles. The number of nitrogens with two attached hydrogens (primary N) is 1. The minimum absolute atomic E-state index is 0.129. The number of aliphatic carboxylic acids is 1. The predicted octanol–water partition coefficient (Wildman–Crippen LogP) is 3.18. The second-order valence-corrected chi connectivity index (χ2v) is 12.2. The van der Waals surface area contributed by atoms with Crippen molar-refractivity contribution in [1.82, 2.24) is 25.3 Å². The zero-order chi connectivity index (χ0) is 28.8. The summed E-state index contributed by atoms with van der Waals surface area (Å²) in [6.45, 7) is 0.486. The maximum atomic E-state index is 12.0. The summed E-state index contributed by atoms with van der Waals surface area (Å²) in [5.74, 6) is -0.404. The van der Waals surface area contributed by atoms with E-state index in [4.69, 9.17) is 9.88 Å². The Balaban J connectivity index is 1.28. The van der Waals surface area contributed by atoms with Crippen molar-refractivity contribution in [3.8, 4) is 5.75 Å². The van der Waals surface area contributed by atoms with Gasteiger partial charge in [0.25, 0.3) is 10.0 Å². The molecule has 11 nitrogen and oxygen atoms in total. The first-order valence-electron chi connectivity index (χ1n) is 12.8. The molecule has 4 N–H and O–H groups in total. The lowest BCUT2D eigenvalue weighted by molar-refractivity contribution is -0.139. The van der Waals surface area contributed by atoms with Crippen molar-refractivity contribution in [1.29, 1.82) is 0 Å². The lowest BCUT2D eigenvalue weighted by Gasteiger charge is -2.21. The molecule has 0 aliphatic rings. The topological polar surface area (TPSA) is 162 Å². The Morgan fingerprint density at radius 1 is 1.02 bits per heavy atom. The van der Waals surface area contributed by atoms with E-state index in [1.54, 1.807) is 29.1 Å². The molecule has 0 amide bonds. The van der Waals surface area contributed by atoms with E-state index in [0.717, 1.165) is 22.5 Å². The molecule has 0 saturated heterocycles. The van der Waals surface area contributed by atoms with Crippen LogP contribution in [0.1, 0.15) is 22.9 Å². The summed E-state index contributed by atoms with van der Waals surface area (Å²) in [5.41, 5.74) is 3.11. The van der Waals surface area contributed by atoms with E-state index in [-0.39, 0.29) is 17.0 Å². The number of aromatic nitrogens is 4. The van der Waals surface area contributed by atoms with E-state index >= 15 is 0 Å². The highest BCUT2D eigenvalue weighted by atomic mass is 32.2. The molecule has 0 aliphatic heterocycles. The van der Waals surface area contributed by atoms with Crippen molar-refractivity contribution in [2.45, 2.75) is 35.9 Å². The molecule has 5 aromatic rings. The number of hydrogen-bond donors (Lipinski definition) is 3. The summed E-state index contributed by atoms with van der Waals surface area (Å²) in [6.07, 6.45) is 2.75. The van der Waals surface area contributed by atoms with E-state index < -0.39 is 22.0 Å². The van der Waals surface area contributed by atoms with E-state index in [9.17, 15) is 18.3 Å². The van der Waals surface area contributed by atoms with Crippen LogP contribution in [0, 0.1) is 0 Å². The average molecular weight is 593 g/mol. The molecule has 13 heteroatoms. The fraction of sp³-hybridized carbons (Fsp3) is 0.214. The highest BCUT2D eigenvalue weighted by Gasteiger charge is 2.22. The van der Waals surface area contributed by atoms with Gasteiger partial charge in [-0.2, -0.15) is 0 Å². The lowest BCUT2D eigenvalue weighted by atomic mass is 10.0. The van der Waals surface area contributed by atoms with E-state index in [1.807, 2.05) is 60.7 Å². The predicted molar refractivity (Wildman–Crippen MR) is 154 cm³/mol. The first-order chi connectivity index (χ1) is 19.7. The number of rotatable bonds is 13. The van der Waals surface area contributed by atoms with Crippen molar-refractivity contribution < 1.29 is 23.1 Å². The maximum absolute atomic E-state index is 12.0. The van der Waals surface area contributed by atoms with Crippen LogP contribution in [-0.2, 0) is 34.3 Å². The zero-order valence-electron chi connectivity index (χ0n) is 21.8. The average Bonchev–Trinajstić information content (AvgIpc) is 3.61. The standard InChI is InChI=1S/C28H28N6O5S2/c29-41(37,38)28-31-24-12-11-23(15-26(24)40-28)39-18-21-17-34(33-32-21)22(13-19-7-3-1-4-8-19)16-30-25(27(35)36)14-20-9-5-2-6-10-20/h1-12,15,17,22,25,30H,13-14,16,18H2,(H,35,36)(H2,29,37,38)/t22-,25?/m0/s1. The van der Waals surface area contributed by atoms with Crippen molar-refractivity contribution in [3.05, 3.63) is 102 Å². The molecule has 2 aromatic heterocycles. The summed E-state index contributed by atoms with van der Waals surface area (Å²) < 4.78 is 31.3. The van der Waals surface area contributed by atoms with Crippen LogP contribution < -0.4 is 15.2 Å². The molecule has 0 bridgehead atoms. The number of primary sulfonamides is 1. The van der Waals surface area contributed by atoms with E-state index in [1.165, 1.54) is 0 Å². The Bertz CT molecular complexity index is 1720. The molecule has 212 valence electrons. The van der Waals surface area contributed by atoms with Crippen LogP contribution in [0.4, 0.5) is 0 Å². The number of nitrogens with zero attached hydrogens (tertiary/aromatic N) is 4. The quantitative estimate of drug-likeness (QED) is 0.186. The fourth-order valence-electron chi connectivity index (χ4n) is 4.33. The Labute approximate surface area is 240 Å². The van der Waals surface area contributed by atoms with Crippen molar-refractivity contribution in [2.24, 2.45) is 5.14 Å². The lowest BCUT2D eigenvalue weighted by Crippen LogP contribution is -2.42. The van der Waals surface area contributed by atoms with Gasteiger partial charge in [-0.3, -0.25) is 4.79 Å². The minimum Gasteiger partial charge on any atom is -0.487 e. The molecule has 5 rings (SSSR count). The molecule has 2 heterocycles. The third-order valence-corrected chi connectivity index (χ3v) is 8.73. The van der Waals surface area contributed by atoms with Crippen LogP contribution in [-0.4, -0.2) is 52.1 Å². The summed E-state index contributed by atoms with van der Waals surface area (Å²) in [5, 5.41) is 26.8. The SMILES string of the molecule is NS(=O)(=O)c1nc2ccc(OCc3cn([C@H](CNC(Cc4ccccc4)C(=O)O)Cc4ccccc4)nn3)cc2s1. The first kappa shape index (κ1) is 28.4. The van der Waals surface area contributed by atoms with Crippen molar-refractivity contribution in [2.75, 3.05) is 6.54 Å². The molecule has 2 atom stereocenters. The second-order valence-electron chi connectivity index (χ2n) is 9.47. The number of carbonyl (C=O) groups is 1. The van der Waals surface area contributed by atoms with Crippen molar-refractivity contribution >= 4 is 37.5 Å². The smallest absolute Gasteiger partial charge is 0.321 e. The van der Waals surface area contributed by atoms with Gasteiger partial charge >= 0.3 is 5.97 Å². The Hall–Kier alpha value is -4.17. The number of sulfonamides is 1. The number of ether oxygens (including phenoxy) is 1. The molecular formula is C28H28N6O5S2. The molecule has 41 heavy (non-hydrogen) atoms. The van der Waals surface area contributed by atoms with Crippen LogP contribution in [0.25, 0.3) is 10.2 Å². The van der Waals surface area contributed by atoms with Gasteiger partial charge in [-0.25, -0.2) is 23.2 Å². The number of carboxylic acids is 1. The van der Waals surface area contributed by atoms with Crippen LogP contribution in [0.3, 0.4) is 0 Å². The molecule has 0 saturated carbocycles. The van der Waals surface area contributed by atoms with Gasteiger partial charge in [0.15, 0.2) is 0 Å². The van der Waals surface area contributed by atoms with Gasteiger partial charge in [-0.1, -0.05) is 65.9 Å². The van der Waals surface area contributed by atoms with Gasteiger partial charge in [-0.15, -0.1) is 16.4 Å². The number of hydrogen-bond acceptors (Lipinski definition) is 9. The van der Waals surface area contributed by atoms with E-state index in [2.05, 4.69) is 20.6 Å². The largest absolute Gasteiger partial charge is 0.487 e. The Morgan fingerprint density at radius 3 is 2.37 bits per heavy atom. The molecule has 0 radical (unpaired) electrons. The second kappa shape index (κ2) is 12.6. The van der Waals surface area contributed by atoms with Gasteiger partial charge in [-0.05, 0) is 42.2 Å². The minimum atomic E-state index is -3.88. The molecule has 1 unspecified atom stereocenters. The number of thiazole rings is 1. The maximum Gasteiger partial charge on any atom is 0.321 e. The highest BCUT2D eigenvalue weighted by Crippen LogP contribution is 2.28. The monoisotopic (exact) mass is 592 g/mol. The highest BCUT2D eigenvalue weighted by molar-refractivity contribution is 7.91. The third-order valence-electron chi connectivity index (χ3n) is 6.40. The molecule has 3 aromatic carbocycles. The van der Waals surface area contributed by atoms with Gasteiger partial charge < -0.3 is 15.2 Å². The molecule has 0 fully saturated rings. The van der Waals surface area contributed by atoms with Crippen LogP contribution in [0.2, 0.25) is 0 Å². The molecule has 0 spiro atoms. The Morgan fingerprint density at radius 2 is 1.71 bits per heavy atom. The summed E-state index contributed by atoms with van der Waals surface area (Å²) in [6, 6.07) is 23.5. The number of carboxylic acid groups (broad SMARTS) is 1. The van der Waals surface area contributed by atoms with Gasteiger partial charge in [0, 0.05) is 6.54 Å². The summed E-state index contributed by atoms with van der Waals surface area (Å²) in [4.78, 5) is 16.1. The van der Waals surface area contributed by atoms with Crippen LogP contribution in [0.15, 0.2) is 89.4 Å². The summed E-state index contributed by atoms with van der Waals surface area (Å²) >= 11 is 0.974. The number of benzene rings is 3. The van der Waals surface area contributed by atoms with Crippen LogP contribution >= 0.6 is 11.3 Å². The van der Waals surface area contributed by atoms with E-state index in [0.29, 0.717) is 41.0 Å². The van der Waals surface area contributed by atoms with Crippen LogP contribution in [0.5, 0.6) is 5.75 Å². The number of fused-ring (bicyclic) bond motifs is 1.